The van der Waals surface area contributed by atoms with Crippen LogP contribution in [0.2, 0.25) is 0 Å². The molecule has 2 rings (SSSR count). The lowest BCUT2D eigenvalue weighted by Crippen LogP contribution is -2.53. The van der Waals surface area contributed by atoms with Crippen LogP contribution in [0.25, 0.3) is 0 Å². The summed E-state index contributed by atoms with van der Waals surface area (Å²) in [6.45, 7) is 4.03. The molecule has 4 nitrogen and oxygen atoms in total. The number of amides is 2. The van der Waals surface area contributed by atoms with Crippen LogP contribution in [0.1, 0.15) is 32.6 Å². The van der Waals surface area contributed by atoms with Gasteiger partial charge in [-0.2, -0.15) is 0 Å². The first-order valence-corrected chi connectivity index (χ1v) is 6.27. The molecule has 0 spiro atoms. The highest BCUT2D eigenvalue weighted by molar-refractivity contribution is 5.74. The first kappa shape index (κ1) is 11.7. The van der Waals surface area contributed by atoms with Crippen LogP contribution < -0.4 is 5.32 Å². The number of carbonyl (C=O) groups is 1. The molecular weight excluding hydrogens is 204 g/mol. The lowest BCUT2D eigenvalue weighted by molar-refractivity contribution is 0.0186. The van der Waals surface area contributed by atoms with E-state index in [1.807, 2.05) is 4.90 Å². The summed E-state index contributed by atoms with van der Waals surface area (Å²) in [5.74, 6) is 0.646. The molecule has 1 aliphatic carbocycles. The summed E-state index contributed by atoms with van der Waals surface area (Å²) >= 11 is 0. The van der Waals surface area contributed by atoms with E-state index in [-0.39, 0.29) is 6.03 Å². The van der Waals surface area contributed by atoms with Gasteiger partial charge in [0, 0.05) is 26.2 Å². The SMILES string of the molecule is COC1CC(NC(=O)N2CCCC(C)C2)C1. The van der Waals surface area contributed by atoms with Crippen LogP contribution in [0.4, 0.5) is 4.79 Å². The third-order valence-electron chi connectivity index (χ3n) is 3.70. The Bertz CT molecular complexity index is 251. The van der Waals surface area contributed by atoms with Crippen LogP contribution in [-0.4, -0.2) is 43.3 Å². The summed E-state index contributed by atoms with van der Waals surface area (Å²) in [5.41, 5.74) is 0. The third kappa shape index (κ3) is 2.67. The van der Waals surface area contributed by atoms with Gasteiger partial charge in [0.05, 0.1) is 6.10 Å². The van der Waals surface area contributed by atoms with E-state index in [1.165, 1.54) is 6.42 Å². The van der Waals surface area contributed by atoms with Gasteiger partial charge in [0.1, 0.15) is 0 Å². The van der Waals surface area contributed by atoms with Gasteiger partial charge in [-0.1, -0.05) is 6.92 Å². The molecule has 1 saturated carbocycles. The average molecular weight is 226 g/mol. The standard InChI is InChI=1S/C12H22N2O2/c1-9-4-3-5-14(8-9)12(15)13-10-6-11(7-10)16-2/h9-11H,3-8H2,1-2H3,(H,13,15). The first-order valence-electron chi connectivity index (χ1n) is 6.27. The molecule has 2 amide bonds. The summed E-state index contributed by atoms with van der Waals surface area (Å²) < 4.78 is 5.20. The number of piperidine rings is 1. The van der Waals surface area contributed by atoms with Gasteiger partial charge in [0.15, 0.2) is 0 Å². The van der Waals surface area contributed by atoms with Crippen LogP contribution in [0, 0.1) is 5.92 Å². The number of likely N-dealkylation sites (tertiary alicyclic amines) is 1. The summed E-state index contributed by atoms with van der Waals surface area (Å²) in [6.07, 6.45) is 4.67. The lowest BCUT2D eigenvalue weighted by atomic mass is 9.89. The quantitative estimate of drug-likeness (QED) is 0.777. The largest absolute Gasteiger partial charge is 0.381 e. The normalized spacial score (nSPS) is 34.4. The Kier molecular flexibility index (Phi) is 3.69. The van der Waals surface area contributed by atoms with Crippen molar-refractivity contribution in [3.8, 4) is 0 Å². The molecule has 1 unspecified atom stereocenters. The van der Waals surface area contributed by atoms with Gasteiger partial charge in [-0.05, 0) is 31.6 Å². The molecule has 0 bridgehead atoms. The van der Waals surface area contributed by atoms with Crippen LogP contribution >= 0.6 is 0 Å². The summed E-state index contributed by atoms with van der Waals surface area (Å²) in [7, 11) is 1.73. The van der Waals surface area contributed by atoms with Crippen molar-refractivity contribution < 1.29 is 9.53 Å². The van der Waals surface area contributed by atoms with Gasteiger partial charge in [-0.25, -0.2) is 4.79 Å². The van der Waals surface area contributed by atoms with E-state index in [2.05, 4.69) is 12.2 Å². The molecule has 1 saturated heterocycles. The predicted octanol–water partition coefficient (Wildman–Crippen LogP) is 1.61. The Balaban J connectivity index is 1.71. The Morgan fingerprint density at radius 3 is 2.81 bits per heavy atom. The summed E-state index contributed by atoms with van der Waals surface area (Å²) in [5, 5.41) is 3.08. The molecule has 1 N–H and O–H groups in total. The van der Waals surface area contributed by atoms with E-state index < -0.39 is 0 Å². The maximum Gasteiger partial charge on any atom is 0.317 e. The number of urea groups is 1. The highest BCUT2D eigenvalue weighted by Crippen LogP contribution is 2.23. The van der Waals surface area contributed by atoms with Gasteiger partial charge in [0.2, 0.25) is 0 Å². The van der Waals surface area contributed by atoms with Crippen molar-refractivity contribution in [3.63, 3.8) is 0 Å². The number of hydrogen-bond acceptors (Lipinski definition) is 2. The lowest BCUT2D eigenvalue weighted by Gasteiger charge is -2.37. The van der Waals surface area contributed by atoms with Crippen LogP contribution in [0.5, 0.6) is 0 Å². The highest BCUT2D eigenvalue weighted by atomic mass is 16.5. The number of nitrogens with zero attached hydrogens (tertiary/aromatic N) is 1. The number of methoxy groups -OCH3 is 1. The second-order valence-corrected chi connectivity index (χ2v) is 5.17. The van der Waals surface area contributed by atoms with E-state index in [4.69, 9.17) is 4.74 Å². The predicted molar refractivity (Wildman–Crippen MR) is 62.3 cm³/mol. The van der Waals surface area contributed by atoms with E-state index in [0.717, 1.165) is 32.4 Å². The molecular formula is C12H22N2O2. The van der Waals surface area contributed by atoms with E-state index in [0.29, 0.717) is 18.1 Å². The van der Waals surface area contributed by atoms with Crippen molar-refractivity contribution in [1.82, 2.24) is 10.2 Å². The number of nitrogens with one attached hydrogen (secondary N) is 1. The molecule has 92 valence electrons. The van der Waals surface area contributed by atoms with Crippen molar-refractivity contribution in [2.45, 2.75) is 44.8 Å². The molecule has 0 radical (unpaired) electrons. The molecule has 2 fully saturated rings. The van der Waals surface area contributed by atoms with Gasteiger partial charge in [0.25, 0.3) is 0 Å². The van der Waals surface area contributed by atoms with Gasteiger partial charge < -0.3 is 15.0 Å². The van der Waals surface area contributed by atoms with Gasteiger partial charge >= 0.3 is 6.03 Å². The molecule has 1 aliphatic heterocycles. The molecule has 1 atom stereocenters. The number of rotatable bonds is 2. The fourth-order valence-corrected chi connectivity index (χ4v) is 2.52. The molecule has 0 aromatic heterocycles. The van der Waals surface area contributed by atoms with Crippen LogP contribution in [-0.2, 0) is 4.74 Å². The fraction of sp³-hybridized carbons (Fsp3) is 0.917. The minimum absolute atomic E-state index is 0.117. The zero-order valence-corrected chi connectivity index (χ0v) is 10.2. The smallest absolute Gasteiger partial charge is 0.317 e. The maximum atomic E-state index is 11.9. The Hall–Kier alpha value is -0.770. The maximum absolute atomic E-state index is 11.9. The van der Waals surface area contributed by atoms with E-state index in [1.54, 1.807) is 7.11 Å². The minimum Gasteiger partial charge on any atom is -0.381 e. The van der Waals surface area contributed by atoms with Crippen LogP contribution in [0.15, 0.2) is 0 Å². The molecule has 0 aromatic carbocycles. The van der Waals surface area contributed by atoms with E-state index >= 15 is 0 Å². The van der Waals surface area contributed by atoms with Gasteiger partial charge in [-0.15, -0.1) is 0 Å². The number of carbonyl (C=O) groups excluding carboxylic acids is 1. The van der Waals surface area contributed by atoms with Crippen molar-refractivity contribution in [2.24, 2.45) is 5.92 Å². The van der Waals surface area contributed by atoms with Crippen LogP contribution in [0.3, 0.4) is 0 Å². The minimum atomic E-state index is 0.117. The third-order valence-corrected chi connectivity index (χ3v) is 3.70. The zero-order valence-electron chi connectivity index (χ0n) is 10.2. The van der Waals surface area contributed by atoms with Crippen molar-refractivity contribution in [2.75, 3.05) is 20.2 Å². The first-order chi connectivity index (χ1) is 7.69. The van der Waals surface area contributed by atoms with Crippen molar-refractivity contribution in [3.05, 3.63) is 0 Å². The topological polar surface area (TPSA) is 41.6 Å². The zero-order chi connectivity index (χ0) is 11.5. The molecule has 4 heteroatoms. The van der Waals surface area contributed by atoms with Crippen molar-refractivity contribution in [1.29, 1.82) is 0 Å². The second-order valence-electron chi connectivity index (χ2n) is 5.17. The number of ether oxygens (including phenoxy) is 1. The summed E-state index contributed by atoms with van der Waals surface area (Å²) in [4.78, 5) is 13.9. The average Bonchev–Trinajstić information content (AvgIpc) is 2.22. The number of hydrogen-bond donors (Lipinski definition) is 1. The van der Waals surface area contributed by atoms with E-state index in [9.17, 15) is 4.79 Å². The molecule has 2 aliphatic rings. The van der Waals surface area contributed by atoms with Gasteiger partial charge in [-0.3, -0.25) is 0 Å². The Morgan fingerprint density at radius 2 is 2.19 bits per heavy atom. The monoisotopic (exact) mass is 226 g/mol. The fourth-order valence-electron chi connectivity index (χ4n) is 2.52. The Morgan fingerprint density at radius 1 is 1.44 bits per heavy atom. The molecule has 0 aromatic rings. The molecule has 16 heavy (non-hydrogen) atoms. The Labute approximate surface area is 97.3 Å². The molecule has 1 heterocycles. The second kappa shape index (κ2) is 5.04. The summed E-state index contributed by atoms with van der Waals surface area (Å²) in [6, 6.07) is 0.445. The van der Waals surface area contributed by atoms with Crippen molar-refractivity contribution >= 4 is 6.03 Å². The highest BCUT2D eigenvalue weighted by Gasteiger charge is 2.31.